The molecule has 5 heteroatoms. The number of benzene rings is 1. The lowest BCUT2D eigenvalue weighted by molar-refractivity contribution is -0.131. The number of nitrogens with one attached hydrogen (secondary N) is 1. The Bertz CT molecular complexity index is 550. The fraction of sp³-hybridized carbons (Fsp3) is 0.500. The summed E-state index contributed by atoms with van der Waals surface area (Å²) in [6.45, 7) is 0. The van der Waals surface area contributed by atoms with Crippen LogP contribution >= 0.6 is 0 Å². The molecule has 1 saturated carbocycles. The van der Waals surface area contributed by atoms with Gasteiger partial charge in [-0.2, -0.15) is 0 Å². The number of methoxy groups -OCH3 is 1. The van der Waals surface area contributed by atoms with Gasteiger partial charge in [0.15, 0.2) is 0 Å². The summed E-state index contributed by atoms with van der Waals surface area (Å²) in [5.41, 5.74) is 1.73. The summed E-state index contributed by atoms with van der Waals surface area (Å²) >= 11 is 0. The zero-order valence-corrected chi connectivity index (χ0v) is 12.2. The summed E-state index contributed by atoms with van der Waals surface area (Å²) in [6, 6.07) is 7.94. The summed E-state index contributed by atoms with van der Waals surface area (Å²) < 4.78 is 5.20. The van der Waals surface area contributed by atoms with Crippen molar-refractivity contribution in [3.8, 4) is 5.75 Å². The second kappa shape index (κ2) is 6.16. The average molecular weight is 288 g/mol. The van der Waals surface area contributed by atoms with Crippen molar-refractivity contribution in [2.45, 2.75) is 44.2 Å². The molecule has 0 bridgehead atoms. The minimum absolute atomic E-state index is 0.0523. The van der Waals surface area contributed by atoms with Crippen molar-refractivity contribution >= 4 is 11.6 Å². The first-order chi connectivity index (χ1) is 10.3. The molecule has 0 saturated heterocycles. The molecule has 1 aromatic rings. The van der Waals surface area contributed by atoms with Gasteiger partial charge in [0.2, 0.25) is 6.10 Å². The largest absolute Gasteiger partial charge is 0.497 e. The summed E-state index contributed by atoms with van der Waals surface area (Å²) in [5.74, 6) is 0.720. The summed E-state index contributed by atoms with van der Waals surface area (Å²) in [6.07, 6.45) is 4.53. The summed E-state index contributed by atoms with van der Waals surface area (Å²) in [4.78, 5) is 17.5. The van der Waals surface area contributed by atoms with Crippen molar-refractivity contribution in [2.24, 2.45) is 5.16 Å². The van der Waals surface area contributed by atoms with Crippen LogP contribution in [0.4, 0.5) is 0 Å². The van der Waals surface area contributed by atoms with Crippen molar-refractivity contribution in [1.82, 2.24) is 5.32 Å². The summed E-state index contributed by atoms with van der Waals surface area (Å²) in [5, 5.41) is 7.11. The zero-order chi connectivity index (χ0) is 14.7. The van der Waals surface area contributed by atoms with E-state index in [4.69, 9.17) is 9.57 Å². The Morgan fingerprint density at radius 2 is 2.19 bits per heavy atom. The topological polar surface area (TPSA) is 59.9 Å². The third-order valence-corrected chi connectivity index (χ3v) is 4.07. The molecule has 5 nitrogen and oxygen atoms in total. The highest BCUT2D eigenvalue weighted by molar-refractivity contribution is 6.04. The van der Waals surface area contributed by atoms with Crippen LogP contribution in [-0.2, 0) is 9.63 Å². The molecule has 1 heterocycles. The number of rotatable bonds is 4. The van der Waals surface area contributed by atoms with Gasteiger partial charge < -0.3 is 14.9 Å². The molecule has 1 aliphatic carbocycles. The fourth-order valence-corrected chi connectivity index (χ4v) is 2.86. The highest BCUT2D eigenvalue weighted by Crippen LogP contribution is 2.22. The normalized spacial score (nSPS) is 21.8. The van der Waals surface area contributed by atoms with Crippen LogP contribution < -0.4 is 10.1 Å². The van der Waals surface area contributed by atoms with Crippen LogP contribution in [-0.4, -0.2) is 30.9 Å². The van der Waals surface area contributed by atoms with Gasteiger partial charge in [-0.1, -0.05) is 30.1 Å². The maximum atomic E-state index is 12.2. The molecule has 1 N–H and O–H groups in total. The van der Waals surface area contributed by atoms with Crippen molar-refractivity contribution in [3.05, 3.63) is 29.8 Å². The van der Waals surface area contributed by atoms with E-state index in [0.29, 0.717) is 12.5 Å². The van der Waals surface area contributed by atoms with Crippen LogP contribution in [0.1, 0.15) is 37.7 Å². The van der Waals surface area contributed by atoms with E-state index in [2.05, 4.69) is 10.5 Å². The van der Waals surface area contributed by atoms with Gasteiger partial charge in [0, 0.05) is 18.0 Å². The lowest BCUT2D eigenvalue weighted by Gasteiger charge is -2.14. The minimum atomic E-state index is -0.508. The van der Waals surface area contributed by atoms with Crippen LogP contribution in [0.2, 0.25) is 0 Å². The zero-order valence-electron chi connectivity index (χ0n) is 12.2. The number of hydrogen-bond donors (Lipinski definition) is 1. The third-order valence-electron chi connectivity index (χ3n) is 4.07. The Morgan fingerprint density at radius 3 is 2.95 bits per heavy atom. The van der Waals surface area contributed by atoms with Gasteiger partial charge in [-0.05, 0) is 25.0 Å². The molecule has 1 aliphatic heterocycles. The van der Waals surface area contributed by atoms with Crippen molar-refractivity contribution in [2.75, 3.05) is 7.11 Å². The van der Waals surface area contributed by atoms with Gasteiger partial charge in [-0.15, -0.1) is 0 Å². The van der Waals surface area contributed by atoms with Gasteiger partial charge in [0.25, 0.3) is 5.91 Å². The van der Waals surface area contributed by atoms with Crippen molar-refractivity contribution < 1.29 is 14.4 Å². The second-order valence-corrected chi connectivity index (χ2v) is 5.56. The first-order valence-corrected chi connectivity index (χ1v) is 7.44. The number of carbonyl (C=O) groups is 1. The van der Waals surface area contributed by atoms with Crippen LogP contribution in [0.15, 0.2) is 29.4 Å². The van der Waals surface area contributed by atoms with E-state index >= 15 is 0 Å². The molecule has 0 spiro atoms. The van der Waals surface area contributed by atoms with Gasteiger partial charge in [-0.3, -0.25) is 4.79 Å². The highest BCUT2D eigenvalue weighted by Gasteiger charge is 2.30. The Morgan fingerprint density at radius 1 is 1.38 bits per heavy atom. The highest BCUT2D eigenvalue weighted by atomic mass is 16.6. The molecule has 1 amide bonds. The SMILES string of the molecule is COc1cccc(C2=NOC(C(=O)NC3CCCC3)C2)c1. The lowest BCUT2D eigenvalue weighted by atomic mass is 10.0. The molecular formula is C16H20N2O3. The van der Waals surface area contributed by atoms with Gasteiger partial charge in [0.05, 0.1) is 12.8 Å². The van der Waals surface area contributed by atoms with E-state index in [1.54, 1.807) is 7.11 Å². The number of hydrogen-bond acceptors (Lipinski definition) is 4. The van der Waals surface area contributed by atoms with E-state index in [0.717, 1.165) is 29.9 Å². The Labute approximate surface area is 124 Å². The molecule has 1 atom stereocenters. The van der Waals surface area contributed by atoms with Crippen LogP contribution in [0.25, 0.3) is 0 Å². The Balaban J connectivity index is 1.59. The molecular weight excluding hydrogens is 268 g/mol. The maximum Gasteiger partial charge on any atom is 0.264 e. The predicted molar refractivity (Wildman–Crippen MR) is 79.4 cm³/mol. The monoisotopic (exact) mass is 288 g/mol. The van der Waals surface area contributed by atoms with Crippen LogP contribution in [0.3, 0.4) is 0 Å². The molecule has 112 valence electrons. The van der Waals surface area contributed by atoms with Gasteiger partial charge in [-0.25, -0.2) is 0 Å². The first-order valence-electron chi connectivity index (χ1n) is 7.44. The molecule has 21 heavy (non-hydrogen) atoms. The van der Waals surface area contributed by atoms with Gasteiger partial charge in [0.1, 0.15) is 5.75 Å². The lowest BCUT2D eigenvalue weighted by Crippen LogP contribution is -2.40. The number of carbonyl (C=O) groups excluding carboxylic acids is 1. The second-order valence-electron chi connectivity index (χ2n) is 5.56. The Hall–Kier alpha value is -2.04. The smallest absolute Gasteiger partial charge is 0.264 e. The van der Waals surface area contributed by atoms with Crippen molar-refractivity contribution in [3.63, 3.8) is 0 Å². The molecule has 1 aromatic carbocycles. The van der Waals surface area contributed by atoms with E-state index in [9.17, 15) is 4.79 Å². The van der Waals surface area contributed by atoms with Gasteiger partial charge >= 0.3 is 0 Å². The van der Waals surface area contributed by atoms with Crippen LogP contribution in [0.5, 0.6) is 5.75 Å². The van der Waals surface area contributed by atoms with E-state index in [1.807, 2.05) is 24.3 Å². The molecule has 1 fully saturated rings. The number of oxime groups is 1. The van der Waals surface area contributed by atoms with E-state index < -0.39 is 6.10 Å². The number of nitrogens with zero attached hydrogens (tertiary/aromatic N) is 1. The van der Waals surface area contributed by atoms with Crippen LogP contribution in [0, 0.1) is 0 Å². The predicted octanol–water partition coefficient (Wildman–Crippen LogP) is 2.25. The molecule has 2 aliphatic rings. The average Bonchev–Trinajstić information content (AvgIpc) is 3.18. The molecule has 3 rings (SSSR count). The van der Waals surface area contributed by atoms with E-state index in [-0.39, 0.29) is 5.91 Å². The van der Waals surface area contributed by atoms with E-state index in [1.165, 1.54) is 12.8 Å². The minimum Gasteiger partial charge on any atom is -0.497 e. The van der Waals surface area contributed by atoms with Crippen molar-refractivity contribution in [1.29, 1.82) is 0 Å². The molecule has 1 unspecified atom stereocenters. The maximum absolute atomic E-state index is 12.2. The quantitative estimate of drug-likeness (QED) is 0.924. The fourth-order valence-electron chi connectivity index (χ4n) is 2.86. The summed E-state index contributed by atoms with van der Waals surface area (Å²) in [7, 11) is 1.63. The molecule has 0 aromatic heterocycles. The first kappa shape index (κ1) is 13.9. The standard InChI is InChI=1S/C16H20N2O3/c1-20-13-8-4-5-11(9-13)14-10-15(21-18-14)16(19)17-12-6-2-3-7-12/h4-5,8-9,12,15H,2-3,6-7,10H2,1H3,(H,17,19). The number of ether oxygens (including phenoxy) is 1. The molecule has 0 radical (unpaired) electrons. The third kappa shape index (κ3) is 3.17. The Kier molecular flexibility index (Phi) is 4.08. The number of amides is 1.